The van der Waals surface area contributed by atoms with Crippen LogP contribution in [-0.4, -0.2) is 43.4 Å². The first-order valence-electron chi connectivity index (χ1n) is 16.8. The van der Waals surface area contributed by atoms with Crippen molar-refractivity contribution in [1.29, 1.82) is 0 Å². The molecular formula is C36H80F2O4. The molecule has 1 atom stereocenters. The van der Waals surface area contributed by atoms with Gasteiger partial charge < -0.3 is 14.6 Å². The molecule has 0 bridgehead atoms. The lowest BCUT2D eigenvalue weighted by molar-refractivity contribution is -0.146. The van der Waals surface area contributed by atoms with Crippen molar-refractivity contribution in [2.45, 2.75) is 169 Å². The molecule has 0 aliphatic carbocycles. The van der Waals surface area contributed by atoms with Crippen LogP contribution in [0.15, 0.2) is 0 Å². The number of aliphatic hydroxyl groups is 1. The third-order valence-electron chi connectivity index (χ3n) is 5.02. The highest BCUT2D eigenvalue weighted by molar-refractivity contribution is 5.71. The van der Waals surface area contributed by atoms with E-state index >= 15 is 0 Å². The van der Waals surface area contributed by atoms with E-state index in [0.29, 0.717) is 25.2 Å². The Hall–Kier alpha value is -0.750. The molecule has 0 aromatic carbocycles. The van der Waals surface area contributed by atoms with E-state index in [-0.39, 0.29) is 11.9 Å². The Balaban J connectivity index is -0.0000000913. The summed E-state index contributed by atoms with van der Waals surface area (Å²) in [5.41, 5.74) is 0. The molecule has 0 amide bonds. The van der Waals surface area contributed by atoms with Gasteiger partial charge in [0, 0.05) is 19.1 Å². The van der Waals surface area contributed by atoms with Gasteiger partial charge in [0.05, 0.1) is 18.6 Å². The molecule has 42 heavy (non-hydrogen) atoms. The number of carbonyl (C=O) groups excluding carboxylic acids is 1. The Morgan fingerprint density at radius 2 is 1.19 bits per heavy atom. The molecule has 1 unspecified atom stereocenters. The van der Waals surface area contributed by atoms with Crippen LogP contribution in [0.2, 0.25) is 0 Å². The molecule has 0 saturated carbocycles. The molecule has 1 aliphatic rings. The fourth-order valence-electron chi connectivity index (χ4n) is 2.01. The Kier molecular flexibility index (Phi) is 51.5. The summed E-state index contributed by atoms with van der Waals surface area (Å²) >= 11 is 0. The zero-order valence-corrected chi connectivity index (χ0v) is 31.8. The van der Waals surface area contributed by atoms with Gasteiger partial charge in [0.2, 0.25) is 6.43 Å². The topological polar surface area (TPSA) is 55.8 Å². The number of esters is 1. The number of carbonyl (C=O) groups is 1. The lowest BCUT2D eigenvalue weighted by Crippen LogP contribution is -2.12. The Bertz CT molecular complexity index is 454. The van der Waals surface area contributed by atoms with Crippen LogP contribution in [0.3, 0.4) is 0 Å². The van der Waals surface area contributed by atoms with Crippen LogP contribution < -0.4 is 0 Å². The van der Waals surface area contributed by atoms with E-state index in [2.05, 4.69) is 80.9 Å². The van der Waals surface area contributed by atoms with Gasteiger partial charge in [0.1, 0.15) is 0 Å². The summed E-state index contributed by atoms with van der Waals surface area (Å²) in [5.74, 6) is 3.19. The number of rotatable bonds is 8. The second kappa shape index (κ2) is 40.2. The van der Waals surface area contributed by atoms with E-state index in [1.807, 2.05) is 27.7 Å². The number of ether oxygens (including phenoxy) is 2. The second-order valence-corrected chi connectivity index (χ2v) is 13.6. The molecule has 0 aromatic rings. The first kappa shape index (κ1) is 53.8. The summed E-state index contributed by atoms with van der Waals surface area (Å²) in [6, 6.07) is 0. The van der Waals surface area contributed by atoms with Gasteiger partial charge in [0.25, 0.3) is 0 Å². The molecule has 0 radical (unpaired) electrons. The third-order valence-corrected chi connectivity index (χ3v) is 5.02. The van der Waals surface area contributed by atoms with E-state index in [1.54, 1.807) is 6.92 Å². The summed E-state index contributed by atoms with van der Waals surface area (Å²) in [5, 5.41) is 8.14. The molecule has 0 spiro atoms. The fraction of sp³-hybridized carbons (Fsp3) is 0.972. The van der Waals surface area contributed by atoms with Crippen molar-refractivity contribution in [3.05, 3.63) is 0 Å². The maximum absolute atomic E-state index is 11.2. The fourth-order valence-corrected chi connectivity index (χ4v) is 2.01. The molecule has 1 heterocycles. The summed E-state index contributed by atoms with van der Waals surface area (Å²) in [7, 11) is 0. The molecule has 4 nitrogen and oxygen atoms in total. The molecule has 1 fully saturated rings. The minimum absolute atomic E-state index is 0.00921. The summed E-state index contributed by atoms with van der Waals surface area (Å²) in [6.45, 7) is 38.5. The molecule has 1 saturated heterocycles. The normalized spacial score (nSPS) is 13.6. The predicted octanol–water partition coefficient (Wildman–Crippen LogP) is 11.7. The smallest absolute Gasteiger partial charge is 0.308 e. The quantitative estimate of drug-likeness (QED) is 0.276. The number of halogens is 2. The average Bonchev–Trinajstić information content (AvgIpc) is 3.41. The van der Waals surface area contributed by atoms with Crippen LogP contribution in [0.1, 0.15) is 157 Å². The maximum Gasteiger partial charge on any atom is 0.308 e. The third kappa shape index (κ3) is 72.0. The van der Waals surface area contributed by atoms with Crippen molar-refractivity contribution in [3.63, 3.8) is 0 Å². The first-order chi connectivity index (χ1) is 19.2. The molecular weight excluding hydrogens is 534 g/mol. The van der Waals surface area contributed by atoms with Crippen LogP contribution in [0.4, 0.5) is 8.78 Å². The van der Waals surface area contributed by atoms with Crippen LogP contribution in [-0.2, 0) is 14.3 Å². The first-order valence-corrected chi connectivity index (χ1v) is 16.8. The summed E-state index contributed by atoms with van der Waals surface area (Å²) in [4.78, 5) is 10.5. The highest BCUT2D eigenvalue weighted by Gasteiger charge is 2.18. The van der Waals surface area contributed by atoms with Crippen molar-refractivity contribution in [2.75, 3.05) is 19.8 Å². The van der Waals surface area contributed by atoms with E-state index in [0.717, 1.165) is 30.3 Å². The van der Waals surface area contributed by atoms with Crippen LogP contribution in [0.5, 0.6) is 0 Å². The van der Waals surface area contributed by atoms with Crippen LogP contribution in [0, 0.1) is 41.4 Å². The standard InChI is InChI=1S/C7H14O.C6H12O2.C6H14.C5H12.C4H8F2.C4H10O.C4H10/c1-6(2)7-4-3-5-8-7;1-4-8-6(7)5(2)3;1-4-5-6(2)3;1-4-5(2)3;1-3(2)4(5)6;1-4(2)3-5;1-4(2)3/h6-7H,3-5H2,1-2H3;5H,4H2,1-3H3;6H,4-5H2,1-3H3;5H,4H2,1-3H3;3-4H,1-2H3;4-5H,3H2,1-2H3;4H,1-3H3. The lowest BCUT2D eigenvalue weighted by Gasteiger charge is -2.11. The van der Waals surface area contributed by atoms with Gasteiger partial charge in [-0.2, -0.15) is 0 Å². The van der Waals surface area contributed by atoms with Gasteiger partial charge in [-0.1, -0.05) is 137 Å². The summed E-state index contributed by atoms with van der Waals surface area (Å²) in [6.07, 6.45) is 4.97. The number of alkyl halides is 2. The van der Waals surface area contributed by atoms with Gasteiger partial charge in [-0.25, -0.2) is 8.78 Å². The molecule has 6 heteroatoms. The molecule has 1 N–H and O–H groups in total. The number of hydrogen-bond donors (Lipinski definition) is 1. The average molecular weight is 615 g/mol. The molecule has 1 aliphatic heterocycles. The lowest BCUT2D eigenvalue weighted by atomic mass is 10.1. The van der Waals surface area contributed by atoms with Crippen molar-refractivity contribution in [1.82, 2.24) is 0 Å². The van der Waals surface area contributed by atoms with Gasteiger partial charge in [0.15, 0.2) is 0 Å². The predicted molar refractivity (Wildman–Crippen MR) is 183 cm³/mol. The van der Waals surface area contributed by atoms with E-state index in [9.17, 15) is 13.6 Å². The molecule has 0 aromatic heterocycles. The Morgan fingerprint density at radius 1 is 0.810 bits per heavy atom. The van der Waals surface area contributed by atoms with Gasteiger partial charge in [-0.15, -0.1) is 0 Å². The SMILES string of the molecule is CC(C)C.CC(C)C(F)F.CC(C)C1CCCO1.CC(C)CO.CCC(C)C.CCCC(C)C.CCOC(=O)C(C)C. The molecule has 262 valence electrons. The van der Waals surface area contributed by atoms with E-state index in [1.165, 1.54) is 46.0 Å². The number of aliphatic hydroxyl groups excluding tert-OH is 1. The van der Waals surface area contributed by atoms with E-state index < -0.39 is 12.3 Å². The summed E-state index contributed by atoms with van der Waals surface area (Å²) < 4.78 is 32.4. The highest BCUT2D eigenvalue weighted by Crippen LogP contribution is 2.18. The Morgan fingerprint density at radius 3 is 1.26 bits per heavy atom. The van der Waals surface area contributed by atoms with Crippen molar-refractivity contribution in [3.8, 4) is 0 Å². The van der Waals surface area contributed by atoms with Gasteiger partial charge >= 0.3 is 5.97 Å². The van der Waals surface area contributed by atoms with Crippen molar-refractivity contribution in [2.24, 2.45) is 41.4 Å². The van der Waals surface area contributed by atoms with Crippen molar-refractivity contribution < 1.29 is 28.2 Å². The van der Waals surface area contributed by atoms with Crippen LogP contribution >= 0.6 is 0 Å². The Labute approximate surface area is 264 Å². The minimum atomic E-state index is -2.15. The number of hydrogen-bond acceptors (Lipinski definition) is 4. The molecule has 1 rings (SSSR count). The van der Waals surface area contributed by atoms with E-state index in [4.69, 9.17) is 9.84 Å². The zero-order valence-electron chi connectivity index (χ0n) is 31.8. The van der Waals surface area contributed by atoms with Gasteiger partial charge in [-0.05, 0) is 49.4 Å². The minimum Gasteiger partial charge on any atom is -0.466 e. The van der Waals surface area contributed by atoms with Crippen molar-refractivity contribution >= 4 is 5.97 Å². The van der Waals surface area contributed by atoms with Gasteiger partial charge in [-0.3, -0.25) is 4.79 Å². The van der Waals surface area contributed by atoms with Crippen LogP contribution in [0.25, 0.3) is 0 Å². The highest BCUT2D eigenvalue weighted by atomic mass is 19.3. The largest absolute Gasteiger partial charge is 0.466 e. The maximum atomic E-state index is 11.2. The second-order valence-electron chi connectivity index (χ2n) is 13.6. The monoisotopic (exact) mass is 615 g/mol. The zero-order chi connectivity index (χ0) is 34.8.